The number of benzene rings is 1. The van der Waals surface area contributed by atoms with Crippen LogP contribution in [-0.2, 0) is 4.79 Å². The maximum absolute atomic E-state index is 12.0. The van der Waals surface area contributed by atoms with Gasteiger partial charge in [0.25, 0.3) is 0 Å². The topological polar surface area (TPSA) is 83.3 Å². The van der Waals surface area contributed by atoms with Crippen molar-refractivity contribution in [1.82, 2.24) is 9.97 Å². The summed E-state index contributed by atoms with van der Waals surface area (Å²) in [5.74, 6) is -4.02. The number of nitrogens with zero attached hydrogens (tertiary/aromatic N) is 2. The molecule has 1 heterocycles. The summed E-state index contributed by atoms with van der Waals surface area (Å²) >= 11 is 0. The predicted octanol–water partition coefficient (Wildman–Crippen LogP) is 0.854. The van der Waals surface area contributed by atoms with E-state index in [0.717, 1.165) is 11.0 Å². The van der Waals surface area contributed by atoms with Crippen LogP contribution in [0.5, 0.6) is 0 Å². The van der Waals surface area contributed by atoms with Crippen molar-refractivity contribution in [3.05, 3.63) is 35.7 Å². The number of rotatable bonds is 0. The zero-order valence-corrected chi connectivity index (χ0v) is 10.1. The van der Waals surface area contributed by atoms with Gasteiger partial charge in [-0.05, 0) is 25.0 Å². The molecule has 0 spiro atoms. The lowest BCUT2D eigenvalue weighted by atomic mass is 9.66. The predicted molar refractivity (Wildman–Crippen MR) is 66.4 cm³/mol. The first-order valence-electron chi connectivity index (χ1n) is 6.34. The fraction of sp³-hybridized carbons (Fsp3) is 0.357. The van der Waals surface area contributed by atoms with E-state index < -0.39 is 23.4 Å². The van der Waals surface area contributed by atoms with E-state index in [-0.39, 0.29) is 0 Å². The van der Waals surface area contributed by atoms with E-state index in [0.29, 0.717) is 24.2 Å². The summed E-state index contributed by atoms with van der Waals surface area (Å²) < 4.78 is 0. The lowest BCUT2D eigenvalue weighted by Gasteiger charge is -2.43. The molecular weight excluding hydrogens is 244 g/mol. The minimum Gasteiger partial charge on any atom is -0.359 e. The first-order valence-corrected chi connectivity index (χ1v) is 6.34. The van der Waals surface area contributed by atoms with Crippen LogP contribution in [0.2, 0.25) is 0 Å². The van der Waals surface area contributed by atoms with Gasteiger partial charge in [-0.25, -0.2) is 9.97 Å². The third kappa shape index (κ3) is 1.29. The summed E-state index contributed by atoms with van der Waals surface area (Å²) in [4.78, 5) is 21.0. The monoisotopic (exact) mass is 256 g/mol. The van der Waals surface area contributed by atoms with Gasteiger partial charge < -0.3 is 10.2 Å². The molecule has 19 heavy (non-hydrogen) atoms. The van der Waals surface area contributed by atoms with Crippen LogP contribution >= 0.6 is 0 Å². The number of aliphatic hydroxyl groups is 2. The molecule has 5 rings (SSSR count). The van der Waals surface area contributed by atoms with Gasteiger partial charge in [0.05, 0.1) is 34.3 Å². The van der Waals surface area contributed by atoms with Crippen molar-refractivity contribution < 1.29 is 15.0 Å². The molecule has 5 nitrogen and oxygen atoms in total. The van der Waals surface area contributed by atoms with E-state index >= 15 is 0 Å². The van der Waals surface area contributed by atoms with E-state index in [9.17, 15) is 15.0 Å². The summed E-state index contributed by atoms with van der Waals surface area (Å²) in [5.41, 5.74) is 2.65. The summed E-state index contributed by atoms with van der Waals surface area (Å²) in [6.07, 6.45) is 1.18. The van der Waals surface area contributed by atoms with Gasteiger partial charge in [0, 0.05) is 0 Å². The Balaban J connectivity index is 2.04. The number of aromatic nitrogens is 2. The molecule has 1 aromatic heterocycles. The van der Waals surface area contributed by atoms with Gasteiger partial charge in [-0.15, -0.1) is 0 Å². The van der Waals surface area contributed by atoms with Gasteiger partial charge in [0.1, 0.15) is 0 Å². The van der Waals surface area contributed by atoms with Crippen LogP contribution < -0.4 is 0 Å². The number of hydrogen-bond donors (Lipinski definition) is 2. The normalized spacial score (nSPS) is 27.6. The molecule has 1 fully saturated rings. The molecule has 0 radical (unpaired) electrons. The Kier molecular flexibility index (Phi) is 1.96. The van der Waals surface area contributed by atoms with Gasteiger partial charge in [-0.2, -0.15) is 0 Å². The van der Waals surface area contributed by atoms with E-state index in [1.54, 1.807) is 0 Å². The third-order valence-electron chi connectivity index (χ3n) is 4.20. The molecular formula is C14H12N2O3. The highest BCUT2D eigenvalue weighted by molar-refractivity contribution is 5.95. The van der Waals surface area contributed by atoms with Crippen molar-refractivity contribution in [3.8, 4) is 0 Å². The van der Waals surface area contributed by atoms with E-state index in [4.69, 9.17) is 0 Å². The molecule has 1 aromatic carbocycles. The number of para-hydroxylation sites is 2. The molecule has 2 N–H and O–H groups in total. The summed E-state index contributed by atoms with van der Waals surface area (Å²) in [6, 6.07) is 7.42. The first kappa shape index (κ1) is 11.0. The van der Waals surface area contributed by atoms with Crippen molar-refractivity contribution in [2.24, 2.45) is 0 Å². The number of carbonyl (C=O) groups excluding carboxylic acids is 1. The number of ketones is 1. The summed E-state index contributed by atoms with van der Waals surface area (Å²) in [7, 11) is 0. The van der Waals surface area contributed by atoms with E-state index in [2.05, 4.69) is 9.97 Å². The van der Waals surface area contributed by atoms with Crippen LogP contribution in [0.25, 0.3) is 11.0 Å². The quantitative estimate of drug-likeness (QED) is 0.683. The maximum atomic E-state index is 12.0. The van der Waals surface area contributed by atoms with Crippen LogP contribution in [0.4, 0.5) is 0 Å². The zero-order chi connectivity index (χ0) is 13.2. The van der Waals surface area contributed by atoms with Gasteiger partial charge in [0.15, 0.2) is 0 Å². The fourth-order valence-corrected chi connectivity index (χ4v) is 3.22. The van der Waals surface area contributed by atoms with Crippen molar-refractivity contribution in [2.75, 3.05) is 0 Å². The molecule has 2 aromatic rings. The van der Waals surface area contributed by atoms with Gasteiger partial charge in [-0.1, -0.05) is 12.1 Å². The van der Waals surface area contributed by atoms with Crippen molar-refractivity contribution in [2.45, 2.75) is 30.5 Å². The molecule has 0 saturated heterocycles. The highest BCUT2D eigenvalue weighted by atomic mass is 16.5. The van der Waals surface area contributed by atoms with Crippen molar-refractivity contribution >= 4 is 16.8 Å². The number of carbonyl (C=O) groups is 1. The minimum atomic E-state index is -2.28. The zero-order valence-electron chi connectivity index (χ0n) is 10.1. The van der Waals surface area contributed by atoms with Gasteiger partial charge in [0.2, 0.25) is 11.6 Å². The summed E-state index contributed by atoms with van der Waals surface area (Å²) in [5, 5.41) is 20.0. The van der Waals surface area contributed by atoms with Gasteiger partial charge in [-0.3, -0.25) is 4.79 Å². The third-order valence-corrected chi connectivity index (χ3v) is 4.20. The molecule has 2 bridgehead atoms. The smallest absolute Gasteiger partial charge is 0.233 e. The molecule has 96 valence electrons. The lowest BCUT2D eigenvalue weighted by molar-refractivity contribution is -0.203. The number of Topliss-reactive ketones (excluding diaryl/α,β-unsaturated/α-hetero) is 1. The highest BCUT2D eigenvalue weighted by Gasteiger charge is 2.56. The molecule has 0 unspecified atom stereocenters. The molecule has 2 atom stereocenters. The second-order valence-corrected chi connectivity index (χ2v) is 5.26. The standard InChI is InChI=1S/C14H12N2O3/c17-13-7-5-6-8(14(13,18)19)12-11(7)15-9-3-1-2-4-10(9)16-12/h1-4,7-8,18-19H,5-6H2/t7-,8+/m1/s1. The lowest BCUT2D eigenvalue weighted by Crippen LogP contribution is -2.54. The SMILES string of the molecule is O=C1[C@@H]2CC[C@@H](c3nc4ccccc4nc32)C1(O)O. The van der Waals surface area contributed by atoms with E-state index in [1.165, 1.54) is 0 Å². The highest BCUT2D eigenvalue weighted by Crippen LogP contribution is 2.50. The molecule has 3 aliphatic rings. The van der Waals surface area contributed by atoms with Crippen LogP contribution in [0.3, 0.4) is 0 Å². The Hall–Kier alpha value is -1.85. The van der Waals surface area contributed by atoms with Crippen LogP contribution in [0.15, 0.2) is 24.3 Å². The molecule has 5 heteroatoms. The molecule has 3 aliphatic carbocycles. The number of fused-ring (bicyclic) bond motifs is 3. The Labute approximate surface area is 108 Å². The van der Waals surface area contributed by atoms with E-state index in [1.807, 2.05) is 24.3 Å². The van der Waals surface area contributed by atoms with Crippen LogP contribution in [0.1, 0.15) is 36.1 Å². The average molecular weight is 256 g/mol. The molecule has 1 saturated carbocycles. The van der Waals surface area contributed by atoms with Crippen molar-refractivity contribution in [3.63, 3.8) is 0 Å². The second kappa shape index (κ2) is 3.37. The van der Waals surface area contributed by atoms with Gasteiger partial charge >= 0.3 is 0 Å². The van der Waals surface area contributed by atoms with Crippen LogP contribution in [-0.4, -0.2) is 31.8 Å². The average Bonchev–Trinajstić information content (AvgIpc) is 2.41. The maximum Gasteiger partial charge on any atom is 0.233 e. The molecule has 0 aliphatic heterocycles. The van der Waals surface area contributed by atoms with Crippen LogP contribution in [0, 0.1) is 0 Å². The Morgan fingerprint density at radius 3 is 2.37 bits per heavy atom. The fourth-order valence-electron chi connectivity index (χ4n) is 3.22. The second-order valence-electron chi connectivity index (χ2n) is 5.26. The molecule has 0 amide bonds. The van der Waals surface area contributed by atoms with Crippen molar-refractivity contribution in [1.29, 1.82) is 0 Å². The Morgan fingerprint density at radius 1 is 1.05 bits per heavy atom. The summed E-state index contributed by atoms with van der Waals surface area (Å²) in [6.45, 7) is 0. The minimum absolute atomic E-state index is 0.535. The Bertz CT molecular complexity index is 711. The Morgan fingerprint density at radius 2 is 1.68 bits per heavy atom. The first-order chi connectivity index (χ1) is 9.09. The number of hydrogen-bond acceptors (Lipinski definition) is 5. The largest absolute Gasteiger partial charge is 0.359 e.